The molecule has 164 valence electrons. The zero-order chi connectivity index (χ0) is 19.2. The van der Waals surface area contributed by atoms with Crippen LogP contribution in [0.5, 0.6) is 0 Å². The van der Waals surface area contributed by atoms with Gasteiger partial charge in [-0.25, -0.2) is 4.39 Å². The number of hydrogen-bond acceptors (Lipinski definition) is 5. The van der Waals surface area contributed by atoms with Gasteiger partial charge in [-0.1, -0.05) is 6.07 Å². The first-order chi connectivity index (χ1) is 13.0. The summed E-state index contributed by atoms with van der Waals surface area (Å²) in [7, 11) is 0. The Labute approximate surface area is 188 Å². The van der Waals surface area contributed by atoms with Crippen LogP contribution in [0.3, 0.4) is 0 Å². The van der Waals surface area contributed by atoms with E-state index in [9.17, 15) is 14.0 Å². The third-order valence-electron chi connectivity index (χ3n) is 5.11. The second-order valence-corrected chi connectivity index (χ2v) is 8.17. The molecule has 0 bridgehead atoms. The topological polar surface area (TPSA) is 64.7 Å². The summed E-state index contributed by atoms with van der Waals surface area (Å²) in [6.45, 7) is 5.41. The van der Waals surface area contributed by atoms with Gasteiger partial charge < -0.3 is 15.5 Å². The number of piperazine rings is 1. The van der Waals surface area contributed by atoms with Gasteiger partial charge in [-0.3, -0.25) is 14.5 Å². The fourth-order valence-electron chi connectivity index (χ4n) is 3.43. The largest absolute Gasteiger partial charge is 0.340 e. The van der Waals surface area contributed by atoms with E-state index in [-0.39, 0.29) is 54.5 Å². The molecule has 2 heterocycles. The van der Waals surface area contributed by atoms with E-state index in [0.717, 1.165) is 18.1 Å². The Morgan fingerprint density at radius 1 is 1.28 bits per heavy atom. The summed E-state index contributed by atoms with van der Waals surface area (Å²) in [4.78, 5) is 28.9. The monoisotopic (exact) mass is 466 g/mol. The molecule has 2 amide bonds. The molecule has 1 aromatic rings. The second-order valence-electron chi connectivity index (χ2n) is 7.02. The Kier molecular flexibility index (Phi) is 11.3. The third kappa shape index (κ3) is 7.61. The predicted octanol–water partition coefficient (Wildman–Crippen LogP) is 2.24. The van der Waals surface area contributed by atoms with Crippen molar-refractivity contribution >= 4 is 54.1 Å². The maximum atomic E-state index is 13.3. The molecule has 3 rings (SSSR count). The van der Waals surface area contributed by atoms with Crippen molar-refractivity contribution < 1.29 is 14.0 Å². The Hall–Kier alpha value is -1.06. The highest BCUT2D eigenvalue weighted by atomic mass is 35.5. The predicted molar refractivity (Wildman–Crippen MR) is 121 cm³/mol. The third-order valence-corrected chi connectivity index (χ3v) is 6.24. The van der Waals surface area contributed by atoms with E-state index in [1.807, 2.05) is 23.6 Å². The van der Waals surface area contributed by atoms with Crippen LogP contribution in [0.15, 0.2) is 24.3 Å². The van der Waals surface area contributed by atoms with Crippen LogP contribution < -0.4 is 10.6 Å². The molecule has 2 aliphatic rings. The molecular formula is C19H29Cl2FN4O2S. The van der Waals surface area contributed by atoms with Gasteiger partial charge >= 0.3 is 0 Å². The quantitative estimate of drug-likeness (QED) is 0.696. The average Bonchev–Trinajstić information content (AvgIpc) is 2.68. The summed E-state index contributed by atoms with van der Waals surface area (Å²) in [5.41, 5.74) is 0.457. The van der Waals surface area contributed by atoms with E-state index in [1.165, 1.54) is 12.1 Å². The SMILES string of the molecule is CC(C(=O)Nc1cccc(F)c1)N1CCN(C(=O)CC2CSCCN2)CC1.Cl.Cl. The summed E-state index contributed by atoms with van der Waals surface area (Å²) in [5.74, 6) is 1.75. The Balaban J connectivity index is 0.00000210. The van der Waals surface area contributed by atoms with Gasteiger partial charge in [0.05, 0.1) is 6.04 Å². The van der Waals surface area contributed by atoms with E-state index in [0.29, 0.717) is 38.3 Å². The number of nitrogens with zero attached hydrogens (tertiary/aromatic N) is 2. The van der Waals surface area contributed by atoms with E-state index >= 15 is 0 Å². The number of hydrogen-bond donors (Lipinski definition) is 2. The van der Waals surface area contributed by atoms with Crippen molar-refractivity contribution in [3.8, 4) is 0 Å². The Morgan fingerprint density at radius 3 is 2.62 bits per heavy atom. The van der Waals surface area contributed by atoms with Gasteiger partial charge in [-0.15, -0.1) is 24.8 Å². The van der Waals surface area contributed by atoms with E-state index < -0.39 is 0 Å². The lowest BCUT2D eigenvalue weighted by Crippen LogP contribution is -2.54. The maximum Gasteiger partial charge on any atom is 0.241 e. The first-order valence-electron chi connectivity index (χ1n) is 9.42. The van der Waals surface area contributed by atoms with Crippen molar-refractivity contribution in [3.63, 3.8) is 0 Å². The van der Waals surface area contributed by atoms with Crippen molar-refractivity contribution in [3.05, 3.63) is 30.1 Å². The average molecular weight is 467 g/mol. The lowest BCUT2D eigenvalue weighted by atomic mass is 10.1. The Bertz CT molecular complexity index is 671. The van der Waals surface area contributed by atoms with E-state index in [4.69, 9.17) is 0 Å². The van der Waals surface area contributed by atoms with Crippen molar-refractivity contribution in [1.29, 1.82) is 0 Å². The zero-order valence-electron chi connectivity index (χ0n) is 16.4. The smallest absolute Gasteiger partial charge is 0.241 e. The lowest BCUT2D eigenvalue weighted by Gasteiger charge is -2.38. The minimum atomic E-state index is -0.376. The van der Waals surface area contributed by atoms with Crippen LogP contribution in [0.4, 0.5) is 10.1 Å². The normalized spacial score (nSPS) is 20.8. The van der Waals surface area contributed by atoms with Crippen molar-refractivity contribution in [2.75, 3.05) is 49.5 Å². The molecule has 0 radical (unpaired) electrons. The van der Waals surface area contributed by atoms with Gasteiger partial charge in [0.15, 0.2) is 0 Å². The molecule has 0 aliphatic carbocycles. The van der Waals surface area contributed by atoms with Crippen molar-refractivity contribution in [1.82, 2.24) is 15.1 Å². The number of anilines is 1. The highest BCUT2D eigenvalue weighted by Crippen LogP contribution is 2.15. The number of benzene rings is 1. The molecule has 0 aromatic heterocycles. The summed E-state index contributed by atoms with van der Waals surface area (Å²) in [6, 6.07) is 5.82. The minimum Gasteiger partial charge on any atom is -0.340 e. The summed E-state index contributed by atoms with van der Waals surface area (Å²) in [5, 5.41) is 6.16. The van der Waals surface area contributed by atoms with Crippen LogP contribution in [-0.2, 0) is 9.59 Å². The van der Waals surface area contributed by atoms with Gasteiger partial charge in [0.25, 0.3) is 0 Å². The maximum absolute atomic E-state index is 13.3. The molecule has 2 unspecified atom stereocenters. The number of thioether (sulfide) groups is 1. The van der Waals surface area contributed by atoms with Crippen LogP contribution in [0, 0.1) is 5.82 Å². The molecule has 6 nitrogen and oxygen atoms in total. The highest BCUT2D eigenvalue weighted by Gasteiger charge is 2.28. The summed E-state index contributed by atoms with van der Waals surface area (Å²) < 4.78 is 13.3. The van der Waals surface area contributed by atoms with Gasteiger partial charge in [0, 0.05) is 62.4 Å². The van der Waals surface area contributed by atoms with Gasteiger partial charge in [-0.05, 0) is 25.1 Å². The van der Waals surface area contributed by atoms with Crippen LogP contribution >= 0.6 is 36.6 Å². The Morgan fingerprint density at radius 2 is 2.00 bits per heavy atom. The van der Waals surface area contributed by atoms with Crippen LogP contribution in [-0.4, -0.2) is 77.9 Å². The number of carbonyl (C=O) groups excluding carboxylic acids is 2. The number of amides is 2. The molecule has 0 spiro atoms. The molecule has 2 aliphatic heterocycles. The van der Waals surface area contributed by atoms with E-state index in [2.05, 4.69) is 15.5 Å². The fourth-order valence-corrected chi connectivity index (χ4v) is 4.38. The van der Waals surface area contributed by atoms with Crippen LogP contribution in [0.1, 0.15) is 13.3 Å². The summed E-state index contributed by atoms with van der Waals surface area (Å²) in [6.07, 6.45) is 0.544. The molecule has 2 fully saturated rings. The van der Waals surface area contributed by atoms with Crippen LogP contribution in [0.25, 0.3) is 0 Å². The number of carbonyl (C=O) groups is 2. The standard InChI is InChI=1S/C19H27FN4O2S.2ClH/c1-14(19(26)22-16-4-2-3-15(20)11-16)23-6-8-24(9-7-23)18(25)12-17-13-27-10-5-21-17;;/h2-4,11,14,17,21H,5-10,12-13H2,1H3,(H,22,26);2*1H. The molecule has 2 atom stereocenters. The first kappa shape index (κ1) is 26.0. The van der Waals surface area contributed by atoms with E-state index in [1.54, 1.807) is 12.1 Å². The van der Waals surface area contributed by atoms with Gasteiger partial charge in [-0.2, -0.15) is 11.8 Å². The molecular weight excluding hydrogens is 438 g/mol. The molecule has 10 heteroatoms. The second kappa shape index (κ2) is 12.6. The minimum absolute atomic E-state index is 0. The zero-order valence-corrected chi connectivity index (χ0v) is 18.9. The molecule has 0 saturated carbocycles. The number of nitrogens with one attached hydrogen (secondary N) is 2. The van der Waals surface area contributed by atoms with Crippen molar-refractivity contribution in [2.24, 2.45) is 0 Å². The molecule has 2 saturated heterocycles. The number of rotatable bonds is 5. The summed E-state index contributed by atoms with van der Waals surface area (Å²) >= 11 is 1.89. The highest BCUT2D eigenvalue weighted by molar-refractivity contribution is 7.99. The molecule has 1 aromatic carbocycles. The van der Waals surface area contributed by atoms with Crippen molar-refractivity contribution in [2.45, 2.75) is 25.4 Å². The van der Waals surface area contributed by atoms with Gasteiger partial charge in [0.1, 0.15) is 5.82 Å². The first-order valence-corrected chi connectivity index (χ1v) is 10.6. The van der Waals surface area contributed by atoms with Gasteiger partial charge in [0.2, 0.25) is 11.8 Å². The molecule has 29 heavy (non-hydrogen) atoms. The fraction of sp³-hybridized carbons (Fsp3) is 0.579. The molecule has 2 N–H and O–H groups in total. The lowest BCUT2D eigenvalue weighted by molar-refractivity contribution is -0.134. The number of halogens is 3. The van der Waals surface area contributed by atoms with Crippen LogP contribution in [0.2, 0.25) is 0 Å².